The maximum absolute atomic E-state index is 12.5. The molecule has 3 aromatic rings. The molecule has 0 fully saturated rings. The molecule has 1 amide bonds. The molecule has 0 spiro atoms. The summed E-state index contributed by atoms with van der Waals surface area (Å²) in [6.45, 7) is 4.37. The van der Waals surface area contributed by atoms with Crippen LogP contribution in [0.4, 0.5) is 0 Å². The number of likely N-dealkylation sites (N-methyl/N-ethyl adjacent to an activating group) is 1. The van der Waals surface area contributed by atoms with E-state index in [0.29, 0.717) is 29.0 Å². The summed E-state index contributed by atoms with van der Waals surface area (Å²) in [6, 6.07) is 12.6. The molecule has 0 unspecified atom stereocenters. The first-order valence-corrected chi connectivity index (χ1v) is 9.51. The molecule has 7 nitrogen and oxygen atoms in total. The molecule has 1 aromatic heterocycles. The average Bonchev–Trinajstić information content (AvgIpc) is 3.20. The molecule has 0 radical (unpaired) electrons. The average molecular weight is 416 g/mol. The van der Waals surface area contributed by atoms with E-state index >= 15 is 0 Å². The molecule has 2 aromatic carbocycles. The highest BCUT2D eigenvalue weighted by Gasteiger charge is 2.18. The first-order chi connectivity index (χ1) is 14.0. The SMILES string of the molecule is CCN(Cc1nc(-c2ccc(OC)cc2)no1)C(=O)COc1ccc(Cl)cc1C. The highest BCUT2D eigenvalue weighted by Crippen LogP contribution is 2.22. The van der Waals surface area contributed by atoms with E-state index in [4.69, 9.17) is 25.6 Å². The second kappa shape index (κ2) is 9.43. The zero-order valence-corrected chi connectivity index (χ0v) is 17.3. The van der Waals surface area contributed by atoms with Crippen LogP contribution >= 0.6 is 11.6 Å². The number of aromatic nitrogens is 2. The van der Waals surface area contributed by atoms with Crippen molar-refractivity contribution < 1.29 is 18.8 Å². The molecule has 0 aliphatic heterocycles. The number of rotatable bonds is 8. The predicted molar refractivity (Wildman–Crippen MR) is 109 cm³/mol. The van der Waals surface area contributed by atoms with E-state index in [1.807, 2.05) is 38.1 Å². The Morgan fingerprint density at radius 1 is 1.21 bits per heavy atom. The Kier molecular flexibility index (Phi) is 6.72. The number of aryl methyl sites for hydroxylation is 1. The standard InChI is InChI=1S/C21H22ClN3O4/c1-4-25(20(26)13-28-18-10-7-16(22)11-14(18)2)12-19-23-21(24-29-19)15-5-8-17(27-3)9-6-15/h5-11H,4,12-13H2,1-3H3. The second-order valence-electron chi connectivity index (χ2n) is 6.35. The smallest absolute Gasteiger partial charge is 0.260 e. The fourth-order valence-corrected chi connectivity index (χ4v) is 2.95. The minimum absolute atomic E-state index is 0.0875. The number of benzene rings is 2. The number of nitrogens with zero attached hydrogens (tertiary/aromatic N) is 3. The van der Waals surface area contributed by atoms with Crippen LogP contribution in [0.1, 0.15) is 18.4 Å². The predicted octanol–water partition coefficient (Wildman–Crippen LogP) is 4.13. The fourth-order valence-electron chi connectivity index (χ4n) is 2.72. The maximum Gasteiger partial charge on any atom is 0.260 e. The van der Waals surface area contributed by atoms with E-state index in [1.165, 1.54) is 0 Å². The molecule has 0 bridgehead atoms. The van der Waals surface area contributed by atoms with Crippen LogP contribution < -0.4 is 9.47 Å². The number of ether oxygens (including phenoxy) is 2. The van der Waals surface area contributed by atoms with Crippen molar-refractivity contribution in [1.29, 1.82) is 0 Å². The molecule has 1 heterocycles. The number of hydrogen-bond acceptors (Lipinski definition) is 6. The van der Waals surface area contributed by atoms with Gasteiger partial charge in [0.15, 0.2) is 6.61 Å². The lowest BCUT2D eigenvalue weighted by atomic mass is 10.2. The molecule has 0 saturated carbocycles. The van der Waals surface area contributed by atoms with Crippen molar-refractivity contribution in [3.8, 4) is 22.9 Å². The quantitative estimate of drug-likeness (QED) is 0.550. The van der Waals surface area contributed by atoms with Crippen molar-refractivity contribution in [2.75, 3.05) is 20.3 Å². The van der Waals surface area contributed by atoms with Gasteiger partial charge in [-0.15, -0.1) is 0 Å². The van der Waals surface area contributed by atoms with E-state index < -0.39 is 0 Å². The number of carbonyl (C=O) groups excluding carboxylic acids is 1. The van der Waals surface area contributed by atoms with E-state index in [-0.39, 0.29) is 19.1 Å². The minimum atomic E-state index is -0.175. The summed E-state index contributed by atoms with van der Waals surface area (Å²) in [5.74, 6) is 2.01. The highest BCUT2D eigenvalue weighted by molar-refractivity contribution is 6.30. The summed E-state index contributed by atoms with van der Waals surface area (Å²) in [5.41, 5.74) is 1.67. The van der Waals surface area contributed by atoms with Crippen LogP contribution in [0.15, 0.2) is 47.0 Å². The topological polar surface area (TPSA) is 77.7 Å². The molecular weight excluding hydrogens is 394 g/mol. The van der Waals surface area contributed by atoms with E-state index in [9.17, 15) is 4.79 Å². The second-order valence-corrected chi connectivity index (χ2v) is 6.78. The Morgan fingerprint density at radius 3 is 2.62 bits per heavy atom. The van der Waals surface area contributed by atoms with Gasteiger partial charge < -0.3 is 18.9 Å². The van der Waals surface area contributed by atoms with Gasteiger partial charge in [0.1, 0.15) is 18.0 Å². The Hall–Kier alpha value is -3.06. The molecular formula is C21H22ClN3O4. The maximum atomic E-state index is 12.5. The van der Waals surface area contributed by atoms with Crippen molar-refractivity contribution >= 4 is 17.5 Å². The highest BCUT2D eigenvalue weighted by atomic mass is 35.5. The number of carbonyl (C=O) groups is 1. The molecule has 152 valence electrons. The summed E-state index contributed by atoms with van der Waals surface area (Å²) in [6.07, 6.45) is 0. The van der Waals surface area contributed by atoms with Crippen LogP contribution in [0.3, 0.4) is 0 Å². The Morgan fingerprint density at radius 2 is 1.97 bits per heavy atom. The van der Waals surface area contributed by atoms with Crippen molar-refractivity contribution in [2.24, 2.45) is 0 Å². The Labute approximate surface area is 174 Å². The van der Waals surface area contributed by atoms with E-state index in [2.05, 4.69) is 10.1 Å². The van der Waals surface area contributed by atoms with Gasteiger partial charge in [0.2, 0.25) is 11.7 Å². The van der Waals surface area contributed by atoms with Crippen LogP contribution in [0.2, 0.25) is 5.02 Å². The summed E-state index contributed by atoms with van der Waals surface area (Å²) >= 11 is 5.94. The zero-order valence-electron chi connectivity index (χ0n) is 16.5. The lowest BCUT2D eigenvalue weighted by molar-refractivity contribution is -0.134. The van der Waals surface area contributed by atoms with E-state index in [0.717, 1.165) is 16.9 Å². The molecule has 0 aliphatic carbocycles. The normalized spacial score (nSPS) is 10.6. The Balaban J connectivity index is 1.61. The van der Waals surface area contributed by atoms with Crippen molar-refractivity contribution in [3.05, 3.63) is 58.9 Å². The van der Waals surface area contributed by atoms with Crippen LogP contribution in [0.5, 0.6) is 11.5 Å². The zero-order chi connectivity index (χ0) is 20.8. The lowest BCUT2D eigenvalue weighted by Crippen LogP contribution is -2.34. The fraction of sp³-hybridized carbons (Fsp3) is 0.286. The number of halogens is 1. The van der Waals surface area contributed by atoms with Gasteiger partial charge in [0, 0.05) is 17.1 Å². The van der Waals surface area contributed by atoms with Crippen molar-refractivity contribution in [1.82, 2.24) is 15.0 Å². The van der Waals surface area contributed by atoms with E-state index in [1.54, 1.807) is 30.2 Å². The van der Waals surface area contributed by atoms with Crippen LogP contribution in [0, 0.1) is 6.92 Å². The molecule has 8 heteroatoms. The van der Waals surface area contributed by atoms with Gasteiger partial charge in [-0.3, -0.25) is 4.79 Å². The third-order valence-electron chi connectivity index (χ3n) is 4.36. The first-order valence-electron chi connectivity index (χ1n) is 9.14. The van der Waals surface area contributed by atoms with Crippen molar-refractivity contribution in [3.63, 3.8) is 0 Å². The van der Waals surface area contributed by atoms with Gasteiger partial charge >= 0.3 is 0 Å². The van der Waals surface area contributed by atoms with Gasteiger partial charge in [-0.2, -0.15) is 4.98 Å². The van der Waals surface area contributed by atoms with Gasteiger partial charge in [-0.05, 0) is 61.9 Å². The summed E-state index contributed by atoms with van der Waals surface area (Å²) in [5, 5.41) is 4.62. The monoisotopic (exact) mass is 415 g/mol. The first kappa shape index (κ1) is 20.7. The third kappa shape index (κ3) is 5.26. The Bertz CT molecular complexity index is 972. The summed E-state index contributed by atoms with van der Waals surface area (Å²) in [7, 11) is 1.61. The minimum Gasteiger partial charge on any atom is -0.497 e. The summed E-state index contributed by atoms with van der Waals surface area (Å²) < 4.78 is 16.1. The van der Waals surface area contributed by atoms with Crippen LogP contribution in [-0.4, -0.2) is 41.2 Å². The van der Waals surface area contributed by atoms with Gasteiger partial charge in [0.05, 0.1) is 7.11 Å². The summed E-state index contributed by atoms with van der Waals surface area (Å²) in [4.78, 5) is 18.5. The number of amides is 1. The molecule has 0 saturated heterocycles. The molecule has 0 N–H and O–H groups in total. The third-order valence-corrected chi connectivity index (χ3v) is 4.60. The number of hydrogen-bond donors (Lipinski definition) is 0. The largest absolute Gasteiger partial charge is 0.497 e. The molecule has 3 rings (SSSR count). The van der Waals surface area contributed by atoms with Gasteiger partial charge in [0.25, 0.3) is 5.91 Å². The van der Waals surface area contributed by atoms with Crippen LogP contribution in [0.25, 0.3) is 11.4 Å². The van der Waals surface area contributed by atoms with Crippen molar-refractivity contribution in [2.45, 2.75) is 20.4 Å². The molecule has 0 atom stereocenters. The lowest BCUT2D eigenvalue weighted by Gasteiger charge is -2.19. The van der Waals surface area contributed by atoms with Crippen LogP contribution in [-0.2, 0) is 11.3 Å². The van der Waals surface area contributed by atoms with Gasteiger partial charge in [-0.25, -0.2) is 0 Å². The molecule has 29 heavy (non-hydrogen) atoms. The number of methoxy groups -OCH3 is 1. The van der Waals surface area contributed by atoms with Gasteiger partial charge in [-0.1, -0.05) is 16.8 Å². The molecule has 0 aliphatic rings.